The van der Waals surface area contributed by atoms with Gasteiger partial charge in [0.25, 0.3) is 0 Å². The summed E-state index contributed by atoms with van der Waals surface area (Å²) in [7, 11) is 1.90. The molecule has 2 aromatic heterocycles. The van der Waals surface area contributed by atoms with E-state index >= 15 is 4.39 Å². The molecule has 0 saturated carbocycles. The summed E-state index contributed by atoms with van der Waals surface area (Å²) in [6.07, 6.45) is 4.71. The van der Waals surface area contributed by atoms with Crippen LogP contribution in [0, 0.1) is 18.2 Å². The van der Waals surface area contributed by atoms with Gasteiger partial charge < -0.3 is 14.5 Å². The molecule has 2 fully saturated rings. The molecule has 1 aromatic carbocycles. The summed E-state index contributed by atoms with van der Waals surface area (Å²) in [6, 6.07) is 4.06. The molecule has 0 N–H and O–H groups in total. The van der Waals surface area contributed by atoms with Crippen LogP contribution in [-0.4, -0.2) is 57.4 Å². The van der Waals surface area contributed by atoms with E-state index in [0.717, 1.165) is 39.7 Å². The van der Waals surface area contributed by atoms with E-state index in [1.807, 2.05) is 41.9 Å². The van der Waals surface area contributed by atoms with Crippen LogP contribution in [0.1, 0.15) is 37.1 Å². The average Bonchev–Trinajstić information content (AvgIpc) is 3.42. The van der Waals surface area contributed by atoms with Gasteiger partial charge in [-0.15, -0.1) is 0 Å². The number of hydrogen-bond acceptors (Lipinski definition) is 5. The Kier molecular flexibility index (Phi) is 5.06. The maximum Gasteiger partial charge on any atom is 0.245 e. The minimum atomic E-state index is -0.369. The van der Waals surface area contributed by atoms with Crippen LogP contribution in [0.2, 0.25) is 0 Å². The maximum absolute atomic E-state index is 16.7. The highest BCUT2D eigenvalue weighted by Crippen LogP contribution is 2.46. The van der Waals surface area contributed by atoms with Crippen molar-refractivity contribution in [2.45, 2.75) is 45.8 Å². The van der Waals surface area contributed by atoms with Gasteiger partial charge in [-0.2, -0.15) is 5.10 Å². The second kappa shape index (κ2) is 7.87. The predicted octanol–water partition coefficient (Wildman–Crippen LogP) is 4.16. The van der Waals surface area contributed by atoms with Gasteiger partial charge in [-0.3, -0.25) is 9.48 Å². The number of pyridine rings is 1. The highest BCUT2D eigenvalue weighted by molar-refractivity contribution is 5.97. The highest BCUT2D eigenvalue weighted by atomic mass is 19.1. The minimum absolute atomic E-state index is 0.0107. The van der Waals surface area contributed by atoms with Crippen molar-refractivity contribution in [1.82, 2.24) is 19.7 Å². The number of carbonyl (C=O) groups excluding carboxylic acids is 1. The number of nitrogens with zero attached hydrogens (tertiary/aromatic N) is 5. The van der Waals surface area contributed by atoms with Crippen molar-refractivity contribution < 1.29 is 13.9 Å². The lowest BCUT2D eigenvalue weighted by Crippen LogP contribution is -2.59. The lowest BCUT2D eigenvalue weighted by molar-refractivity contribution is -0.136. The number of aryl methyl sites for hydroxylation is 2. The number of likely N-dealkylation sites (tertiary alicyclic amines) is 1. The molecule has 2 saturated heterocycles. The molecular formula is C28H32FN5O2. The molecule has 8 heteroatoms. The van der Waals surface area contributed by atoms with Crippen LogP contribution in [0.5, 0.6) is 0 Å². The molecule has 3 aromatic rings. The van der Waals surface area contributed by atoms with Crippen molar-refractivity contribution in [2.75, 3.05) is 31.1 Å². The first-order valence-electron chi connectivity index (χ1n) is 12.5. The van der Waals surface area contributed by atoms with E-state index in [4.69, 9.17) is 9.72 Å². The summed E-state index contributed by atoms with van der Waals surface area (Å²) >= 11 is 0. The molecule has 0 bridgehead atoms. The average molecular weight is 490 g/mol. The van der Waals surface area contributed by atoms with Crippen molar-refractivity contribution in [3.05, 3.63) is 53.6 Å². The Bertz CT molecular complexity index is 1420. The van der Waals surface area contributed by atoms with Gasteiger partial charge >= 0.3 is 0 Å². The molecular weight excluding hydrogens is 457 g/mol. The molecule has 36 heavy (non-hydrogen) atoms. The predicted molar refractivity (Wildman–Crippen MR) is 137 cm³/mol. The summed E-state index contributed by atoms with van der Waals surface area (Å²) in [5.74, 6) is 0.0658. The first-order chi connectivity index (χ1) is 17.1. The Balaban J connectivity index is 1.48. The summed E-state index contributed by atoms with van der Waals surface area (Å²) in [6.45, 7) is 12.8. The number of hydrogen-bond donors (Lipinski definition) is 0. The first-order valence-corrected chi connectivity index (χ1v) is 12.5. The summed E-state index contributed by atoms with van der Waals surface area (Å²) in [4.78, 5) is 20.8. The molecule has 1 amide bonds. The number of rotatable bonds is 3. The largest absolute Gasteiger partial charge is 0.370 e. The monoisotopic (exact) mass is 489 g/mol. The van der Waals surface area contributed by atoms with Gasteiger partial charge in [0.15, 0.2) is 11.6 Å². The Morgan fingerprint density at radius 3 is 2.75 bits per heavy atom. The topological polar surface area (TPSA) is 63.5 Å². The second-order valence-corrected chi connectivity index (χ2v) is 11.3. The lowest BCUT2D eigenvalue weighted by Gasteiger charge is -2.47. The van der Waals surface area contributed by atoms with Crippen LogP contribution >= 0.6 is 0 Å². The van der Waals surface area contributed by atoms with Crippen molar-refractivity contribution in [3.8, 4) is 11.1 Å². The summed E-state index contributed by atoms with van der Waals surface area (Å²) in [5.41, 5.74) is 4.68. The van der Waals surface area contributed by atoms with Gasteiger partial charge in [0, 0.05) is 67.1 Å². The van der Waals surface area contributed by atoms with Crippen molar-refractivity contribution >= 4 is 22.6 Å². The number of carbonyl (C=O) groups is 1. The van der Waals surface area contributed by atoms with E-state index in [1.165, 1.54) is 6.08 Å². The number of benzene rings is 1. The van der Waals surface area contributed by atoms with E-state index in [1.54, 1.807) is 0 Å². The lowest BCUT2D eigenvalue weighted by atomic mass is 9.79. The van der Waals surface area contributed by atoms with E-state index < -0.39 is 0 Å². The quantitative estimate of drug-likeness (QED) is 0.517. The van der Waals surface area contributed by atoms with E-state index in [9.17, 15) is 4.79 Å². The molecule has 0 aliphatic carbocycles. The standard InChI is InChI=1S/C28H32FN5O2/c1-6-21(35)34-15-28(16-34)9-10-33(14-28)26-24(29)23(19-13-36-27(3,4)11-20(19)31-26)22-17(2)7-8-18-12-30-32(5)25(18)22/h6-8,12H,1,9-11,13-16H2,2-5H3. The van der Waals surface area contributed by atoms with Crippen LogP contribution in [0.3, 0.4) is 0 Å². The third kappa shape index (κ3) is 3.45. The number of amides is 1. The zero-order valence-corrected chi connectivity index (χ0v) is 21.4. The first kappa shape index (κ1) is 23.2. The number of anilines is 1. The zero-order chi connectivity index (χ0) is 25.4. The van der Waals surface area contributed by atoms with Crippen molar-refractivity contribution in [1.29, 1.82) is 0 Å². The molecule has 0 radical (unpaired) electrons. The van der Waals surface area contributed by atoms with Crippen molar-refractivity contribution in [2.24, 2.45) is 12.5 Å². The van der Waals surface area contributed by atoms with Crippen LogP contribution < -0.4 is 4.90 Å². The molecule has 3 aliphatic rings. The van der Waals surface area contributed by atoms with Gasteiger partial charge in [-0.05, 0) is 38.8 Å². The zero-order valence-electron chi connectivity index (χ0n) is 21.4. The van der Waals surface area contributed by atoms with Crippen LogP contribution in [-0.2, 0) is 29.6 Å². The molecule has 3 aliphatic heterocycles. The number of fused-ring (bicyclic) bond motifs is 2. The minimum Gasteiger partial charge on any atom is -0.370 e. The smallest absolute Gasteiger partial charge is 0.245 e. The van der Waals surface area contributed by atoms with Gasteiger partial charge in [-0.25, -0.2) is 9.37 Å². The SMILES string of the molecule is C=CC(=O)N1CC2(CCN(c3nc4c(c(-c5c(C)ccc6cnn(C)c56)c3F)COC(C)(C)C4)C2)C1. The second-order valence-electron chi connectivity index (χ2n) is 11.3. The Morgan fingerprint density at radius 1 is 1.22 bits per heavy atom. The van der Waals surface area contributed by atoms with Crippen LogP contribution in [0.4, 0.5) is 10.2 Å². The fourth-order valence-corrected chi connectivity index (χ4v) is 6.23. The Hall–Kier alpha value is -3.26. The molecule has 7 nitrogen and oxygen atoms in total. The van der Waals surface area contributed by atoms with E-state index in [-0.39, 0.29) is 22.7 Å². The van der Waals surface area contributed by atoms with Gasteiger partial charge in [0.2, 0.25) is 5.91 Å². The number of aromatic nitrogens is 3. The summed E-state index contributed by atoms with van der Waals surface area (Å²) in [5, 5.41) is 5.43. The van der Waals surface area contributed by atoms with Gasteiger partial charge in [0.1, 0.15) is 0 Å². The molecule has 0 unspecified atom stereocenters. The van der Waals surface area contributed by atoms with Gasteiger partial charge in [-0.1, -0.05) is 18.7 Å². The van der Waals surface area contributed by atoms with Gasteiger partial charge in [0.05, 0.1) is 29.6 Å². The molecule has 6 rings (SSSR count). The Labute approximate surface area is 210 Å². The molecule has 1 spiro atoms. The molecule has 5 heterocycles. The normalized spacial score (nSPS) is 20.0. The number of halogens is 1. The van der Waals surface area contributed by atoms with Crippen LogP contribution in [0.25, 0.3) is 22.0 Å². The van der Waals surface area contributed by atoms with E-state index in [0.29, 0.717) is 50.6 Å². The highest BCUT2D eigenvalue weighted by Gasteiger charge is 2.50. The van der Waals surface area contributed by atoms with Crippen LogP contribution in [0.15, 0.2) is 31.0 Å². The maximum atomic E-state index is 16.7. The number of ether oxygens (including phenoxy) is 1. The van der Waals surface area contributed by atoms with Crippen molar-refractivity contribution in [3.63, 3.8) is 0 Å². The summed E-state index contributed by atoms with van der Waals surface area (Å²) < 4.78 is 24.7. The molecule has 188 valence electrons. The fraction of sp³-hybridized carbons (Fsp3) is 0.464. The fourth-order valence-electron chi connectivity index (χ4n) is 6.23. The van der Waals surface area contributed by atoms with E-state index in [2.05, 4.69) is 30.4 Å². The third-order valence-electron chi connectivity index (χ3n) is 8.14. The third-order valence-corrected chi connectivity index (χ3v) is 8.14. The Morgan fingerprint density at radius 2 is 2.00 bits per heavy atom. The molecule has 0 atom stereocenters.